The van der Waals surface area contributed by atoms with Crippen molar-refractivity contribution in [3.05, 3.63) is 47.2 Å². The highest BCUT2D eigenvalue weighted by Gasteiger charge is 2.14. The lowest BCUT2D eigenvalue weighted by Crippen LogP contribution is -2.08. The lowest BCUT2D eigenvalue weighted by Gasteiger charge is -2.09. The second-order valence-electron chi connectivity index (χ2n) is 4.20. The Bertz CT molecular complexity index is 675. The monoisotopic (exact) mass is 383 g/mol. The van der Waals surface area contributed by atoms with E-state index in [-0.39, 0.29) is 12.4 Å². The van der Waals surface area contributed by atoms with Crippen LogP contribution in [-0.2, 0) is 17.9 Å². The summed E-state index contributed by atoms with van der Waals surface area (Å²) in [4.78, 5) is 10.7. The van der Waals surface area contributed by atoms with Crippen molar-refractivity contribution in [1.29, 1.82) is 0 Å². The number of carboxylic acid groups (broad SMARTS) is 1. The van der Waals surface area contributed by atoms with Gasteiger partial charge in [-0.05, 0) is 28.1 Å². The number of nitrogens with zero attached hydrogens (tertiary/aromatic N) is 3. The number of thioether (sulfide) groups is 1. The summed E-state index contributed by atoms with van der Waals surface area (Å²) in [7, 11) is 0. The molecule has 0 radical (unpaired) electrons. The van der Waals surface area contributed by atoms with Gasteiger partial charge in [-0.25, -0.2) is 0 Å². The van der Waals surface area contributed by atoms with Crippen LogP contribution in [0.5, 0.6) is 5.75 Å². The van der Waals surface area contributed by atoms with E-state index >= 15 is 0 Å². The normalized spacial score (nSPS) is 10.4. The molecule has 22 heavy (non-hydrogen) atoms. The Kier molecular flexibility index (Phi) is 6.02. The number of hydrogen-bond acceptors (Lipinski definition) is 5. The van der Waals surface area contributed by atoms with Crippen LogP contribution in [0.4, 0.5) is 0 Å². The molecule has 8 heteroatoms. The smallest absolute Gasteiger partial charge is 0.313 e. The van der Waals surface area contributed by atoms with E-state index in [1.165, 1.54) is 0 Å². The molecular weight excluding hydrogens is 370 g/mol. The van der Waals surface area contributed by atoms with Crippen molar-refractivity contribution in [2.45, 2.75) is 18.3 Å². The van der Waals surface area contributed by atoms with Crippen LogP contribution in [-0.4, -0.2) is 31.6 Å². The number of benzene rings is 1. The molecule has 0 aliphatic heterocycles. The first kappa shape index (κ1) is 16.6. The summed E-state index contributed by atoms with van der Waals surface area (Å²) in [6.07, 6.45) is 1.70. The number of allylic oxidation sites excluding steroid dienone is 1. The van der Waals surface area contributed by atoms with Gasteiger partial charge in [0, 0.05) is 6.54 Å². The second-order valence-corrected chi connectivity index (χ2v) is 6.00. The van der Waals surface area contributed by atoms with Crippen LogP contribution in [0.1, 0.15) is 5.82 Å². The Hall–Kier alpha value is -1.80. The van der Waals surface area contributed by atoms with Crippen molar-refractivity contribution in [3.63, 3.8) is 0 Å². The Labute approximate surface area is 140 Å². The molecular formula is C14H14BrN3O3S. The maximum Gasteiger partial charge on any atom is 0.313 e. The lowest BCUT2D eigenvalue weighted by atomic mass is 10.3. The minimum atomic E-state index is -0.899. The first-order valence-corrected chi connectivity index (χ1v) is 8.14. The maximum atomic E-state index is 10.7. The average molecular weight is 384 g/mol. The SMILES string of the molecule is C=CCn1c(COc2ccccc2Br)nnc1SCC(=O)O. The molecule has 0 bridgehead atoms. The van der Waals surface area contributed by atoms with Crippen LogP contribution in [0.2, 0.25) is 0 Å². The summed E-state index contributed by atoms with van der Waals surface area (Å²) in [5, 5.41) is 17.4. The molecule has 0 saturated heterocycles. The van der Waals surface area contributed by atoms with E-state index in [0.717, 1.165) is 16.2 Å². The summed E-state index contributed by atoms with van der Waals surface area (Å²) in [6, 6.07) is 7.51. The molecule has 116 valence electrons. The van der Waals surface area contributed by atoms with Crippen molar-refractivity contribution >= 4 is 33.7 Å². The van der Waals surface area contributed by atoms with Gasteiger partial charge in [-0.15, -0.1) is 16.8 Å². The highest BCUT2D eigenvalue weighted by molar-refractivity contribution is 9.10. The predicted octanol–water partition coefficient (Wildman–Crippen LogP) is 2.98. The van der Waals surface area contributed by atoms with Gasteiger partial charge in [0.05, 0.1) is 10.2 Å². The number of rotatable bonds is 8. The third kappa shape index (κ3) is 4.35. The zero-order valence-electron chi connectivity index (χ0n) is 11.6. The Morgan fingerprint density at radius 2 is 2.23 bits per heavy atom. The van der Waals surface area contributed by atoms with E-state index in [9.17, 15) is 4.79 Å². The van der Waals surface area contributed by atoms with E-state index in [0.29, 0.717) is 23.3 Å². The van der Waals surface area contributed by atoms with Gasteiger partial charge in [0.1, 0.15) is 12.4 Å². The number of carboxylic acids is 1. The fourth-order valence-corrected chi connectivity index (χ4v) is 2.76. The molecule has 0 fully saturated rings. The van der Waals surface area contributed by atoms with Crippen LogP contribution in [0, 0.1) is 0 Å². The van der Waals surface area contributed by atoms with Crippen LogP contribution >= 0.6 is 27.7 Å². The molecule has 0 atom stereocenters. The van der Waals surface area contributed by atoms with Gasteiger partial charge < -0.3 is 9.84 Å². The summed E-state index contributed by atoms with van der Waals surface area (Å²) >= 11 is 4.53. The minimum Gasteiger partial charge on any atom is -0.484 e. The number of aromatic nitrogens is 3. The second kappa shape index (κ2) is 8.00. The van der Waals surface area contributed by atoms with Gasteiger partial charge in [-0.3, -0.25) is 9.36 Å². The lowest BCUT2D eigenvalue weighted by molar-refractivity contribution is -0.133. The van der Waals surface area contributed by atoms with Crippen LogP contribution in [0.3, 0.4) is 0 Å². The number of aliphatic carboxylic acids is 1. The van der Waals surface area contributed by atoms with E-state index in [4.69, 9.17) is 9.84 Å². The van der Waals surface area contributed by atoms with Gasteiger partial charge >= 0.3 is 5.97 Å². The standard InChI is InChI=1S/C14H14BrN3O3S/c1-2-7-18-12(16-17-14(18)22-9-13(19)20)8-21-11-6-4-3-5-10(11)15/h2-6H,1,7-9H2,(H,19,20). The largest absolute Gasteiger partial charge is 0.484 e. The van der Waals surface area contributed by atoms with Crippen molar-refractivity contribution < 1.29 is 14.6 Å². The molecule has 1 N–H and O–H groups in total. The fraction of sp³-hybridized carbons (Fsp3) is 0.214. The molecule has 0 spiro atoms. The van der Waals surface area contributed by atoms with Crippen molar-refractivity contribution in [1.82, 2.24) is 14.8 Å². The van der Waals surface area contributed by atoms with E-state index < -0.39 is 5.97 Å². The summed E-state index contributed by atoms with van der Waals surface area (Å²) in [5.74, 6) is 0.350. The van der Waals surface area contributed by atoms with Crippen LogP contribution < -0.4 is 4.74 Å². The third-order valence-electron chi connectivity index (χ3n) is 2.62. The molecule has 2 aromatic rings. The van der Waals surface area contributed by atoms with E-state index in [2.05, 4.69) is 32.7 Å². The molecule has 1 aromatic heterocycles. The third-order valence-corrected chi connectivity index (χ3v) is 4.23. The van der Waals surface area contributed by atoms with Crippen molar-refractivity contribution in [2.24, 2.45) is 0 Å². The van der Waals surface area contributed by atoms with E-state index in [1.54, 1.807) is 10.6 Å². The van der Waals surface area contributed by atoms with Gasteiger partial charge in [-0.1, -0.05) is 30.0 Å². The molecule has 1 heterocycles. The summed E-state index contributed by atoms with van der Waals surface area (Å²) in [6.45, 7) is 4.42. The van der Waals surface area contributed by atoms with Crippen LogP contribution in [0.15, 0.2) is 46.5 Å². The Balaban J connectivity index is 2.11. The number of halogens is 1. The van der Waals surface area contributed by atoms with Crippen molar-refractivity contribution in [3.8, 4) is 5.75 Å². The summed E-state index contributed by atoms with van der Waals surface area (Å²) in [5.41, 5.74) is 0. The number of para-hydroxylation sites is 1. The quantitative estimate of drug-likeness (QED) is 0.557. The molecule has 0 unspecified atom stereocenters. The predicted molar refractivity (Wildman–Crippen MR) is 87.1 cm³/mol. The molecule has 1 aromatic carbocycles. The van der Waals surface area contributed by atoms with Crippen molar-refractivity contribution in [2.75, 3.05) is 5.75 Å². The highest BCUT2D eigenvalue weighted by atomic mass is 79.9. The maximum absolute atomic E-state index is 10.7. The van der Waals surface area contributed by atoms with Gasteiger partial charge in [-0.2, -0.15) is 0 Å². The Morgan fingerprint density at radius 1 is 1.45 bits per heavy atom. The first-order chi connectivity index (χ1) is 10.6. The molecule has 0 saturated carbocycles. The first-order valence-electron chi connectivity index (χ1n) is 6.36. The summed E-state index contributed by atoms with van der Waals surface area (Å²) < 4.78 is 8.36. The van der Waals surface area contributed by atoms with E-state index in [1.807, 2.05) is 24.3 Å². The minimum absolute atomic E-state index is 0.0691. The highest BCUT2D eigenvalue weighted by Crippen LogP contribution is 2.25. The fourth-order valence-electron chi connectivity index (χ4n) is 1.68. The number of ether oxygens (including phenoxy) is 1. The number of hydrogen-bond donors (Lipinski definition) is 1. The van der Waals surface area contributed by atoms with Crippen LogP contribution in [0.25, 0.3) is 0 Å². The zero-order chi connectivity index (χ0) is 15.9. The molecule has 6 nitrogen and oxygen atoms in total. The molecule has 0 aliphatic rings. The Morgan fingerprint density at radius 3 is 2.91 bits per heavy atom. The van der Waals surface area contributed by atoms with Gasteiger partial charge in [0.15, 0.2) is 11.0 Å². The molecule has 0 aliphatic carbocycles. The van der Waals surface area contributed by atoms with Gasteiger partial charge in [0.2, 0.25) is 0 Å². The molecule has 0 amide bonds. The topological polar surface area (TPSA) is 77.2 Å². The zero-order valence-corrected chi connectivity index (χ0v) is 14.0. The number of carbonyl (C=O) groups is 1. The molecule has 2 rings (SSSR count). The average Bonchev–Trinajstić information content (AvgIpc) is 2.87. The van der Waals surface area contributed by atoms with Gasteiger partial charge in [0.25, 0.3) is 0 Å².